The maximum atomic E-state index is 13.3. The monoisotopic (exact) mass is 327 g/mol. The Morgan fingerprint density at radius 3 is 2.78 bits per heavy atom. The van der Waals surface area contributed by atoms with Crippen molar-refractivity contribution in [2.24, 2.45) is 0 Å². The van der Waals surface area contributed by atoms with E-state index in [1.165, 1.54) is 17.0 Å². The Kier molecular flexibility index (Phi) is 4.14. The molecule has 1 heterocycles. The van der Waals surface area contributed by atoms with Gasteiger partial charge in [-0.25, -0.2) is 4.39 Å². The van der Waals surface area contributed by atoms with Crippen molar-refractivity contribution in [3.8, 4) is 0 Å². The summed E-state index contributed by atoms with van der Waals surface area (Å²) in [4.78, 5) is 13.8. The molecule has 2 aromatic rings. The largest absolute Gasteiger partial charge is 0.369 e. The third kappa shape index (κ3) is 3.17. The van der Waals surface area contributed by atoms with E-state index >= 15 is 0 Å². The van der Waals surface area contributed by atoms with Gasteiger partial charge in [0, 0.05) is 33.0 Å². The second-order valence-corrected chi connectivity index (χ2v) is 5.86. The Labute approximate surface area is 117 Å². The quantitative estimate of drug-likeness (QED) is 0.788. The van der Waals surface area contributed by atoms with E-state index in [0.717, 1.165) is 4.47 Å². The Morgan fingerprint density at radius 2 is 2.17 bits per heavy atom. The molecular weight excluding hydrogens is 317 g/mol. The molecular formula is C13H11BrFNOS. The van der Waals surface area contributed by atoms with Crippen LogP contribution in [0.4, 0.5) is 10.1 Å². The van der Waals surface area contributed by atoms with Crippen molar-refractivity contribution in [3.63, 3.8) is 0 Å². The summed E-state index contributed by atoms with van der Waals surface area (Å²) in [7, 11) is 1.87. The van der Waals surface area contributed by atoms with E-state index in [2.05, 4.69) is 15.9 Å². The van der Waals surface area contributed by atoms with Crippen molar-refractivity contribution in [2.45, 2.75) is 6.54 Å². The summed E-state index contributed by atoms with van der Waals surface area (Å²) in [6.45, 7) is 0.679. The van der Waals surface area contributed by atoms with E-state index < -0.39 is 5.82 Å². The van der Waals surface area contributed by atoms with Crippen LogP contribution in [0.5, 0.6) is 0 Å². The van der Waals surface area contributed by atoms with Gasteiger partial charge in [-0.05, 0) is 40.2 Å². The van der Waals surface area contributed by atoms with Gasteiger partial charge < -0.3 is 4.90 Å². The molecule has 0 amide bonds. The number of hydrogen-bond donors (Lipinski definition) is 0. The zero-order valence-corrected chi connectivity index (χ0v) is 12.1. The van der Waals surface area contributed by atoms with Crippen molar-refractivity contribution in [2.75, 3.05) is 11.9 Å². The lowest BCUT2D eigenvalue weighted by Crippen LogP contribution is -2.16. The van der Waals surface area contributed by atoms with Crippen LogP contribution in [0.25, 0.3) is 0 Å². The molecule has 0 aliphatic heterocycles. The van der Waals surface area contributed by atoms with Gasteiger partial charge in [-0.2, -0.15) is 0 Å². The van der Waals surface area contributed by atoms with Crippen LogP contribution in [-0.4, -0.2) is 13.3 Å². The van der Waals surface area contributed by atoms with Gasteiger partial charge in [0.05, 0.1) is 6.54 Å². The first kappa shape index (κ1) is 13.2. The van der Waals surface area contributed by atoms with Crippen LogP contribution in [0.3, 0.4) is 0 Å². The molecule has 2 rings (SSSR count). The molecule has 0 atom stereocenters. The van der Waals surface area contributed by atoms with Crippen molar-refractivity contribution >= 4 is 39.2 Å². The summed E-state index contributed by atoms with van der Waals surface area (Å²) in [5, 5.41) is 2.01. The fourth-order valence-electron chi connectivity index (χ4n) is 1.65. The normalized spacial score (nSPS) is 10.4. The maximum Gasteiger partial charge on any atom is 0.150 e. The van der Waals surface area contributed by atoms with Gasteiger partial charge in [0.2, 0.25) is 0 Å². The molecule has 0 saturated carbocycles. The van der Waals surface area contributed by atoms with Crippen LogP contribution >= 0.6 is 27.3 Å². The molecule has 2 nitrogen and oxygen atoms in total. The van der Waals surface area contributed by atoms with Gasteiger partial charge >= 0.3 is 0 Å². The Balaban J connectivity index is 2.20. The smallest absolute Gasteiger partial charge is 0.150 e. The van der Waals surface area contributed by atoms with Crippen LogP contribution in [0, 0.1) is 5.82 Å². The number of benzene rings is 1. The van der Waals surface area contributed by atoms with Crippen molar-refractivity contribution < 1.29 is 9.18 Å². The van der Waals surface area contributed by atoms with Crippen LogP contribution < -0.4 is 4.90 Å². The van der Waals surface area contributed by atoms with Crippen molar-refractivity contribution in [1.82, 2.24) is 0 Å². The molecule has 94 valence electrons. The number of carbonyl (C=O) groups is 1. The SMILES string of the molecule is CN(Cc1cc(Br)cs1)c1cc(F)cc(C=O)c1. The van der Waals surface area contributed by atoms with Gasteiger partial charge in [0.25, 0.3) is 0 Å². The van der Waals surface area contributed by atoms with Gasteiger partial charge in [-0.15, -0.1) is 11.3 Å². The van der Waals surface area contributed by atoms with Crippen LogP contribution in [0.2, 0.25) is 0 Å². The molecule has 5 heteroatoms. The van der Waals surface area contributed by atoms with Gasteiger partial charge in [-0.1, -0.05) is 0 Å². The number of hydrogen-bond acceptors (Lipinski definition) is 3. The predicted molar refractivity (Wildman–Crippen MR) is 75.9 cm³/mol. The van der Waals surface area contributed by atoms with Crippen LogP contribution in [0.1, 0.15) is 15.2 Å². The summed E-state index contributed by atoms with van der Waals surface area (Å²) in [6, 6.07) is 6.36. The predicted octanol–water partition coefficient (Wildman–Crippen LogP) is 4.10. The Hall–Kier alpha value is -1.20. The molecule has 0 saturated heterocycles. The van der Waals surface area contributed by atoms with Crippen molar-refractivity contribution in [3.05, 3.63) is 50.4 Å². The molecule has 18 heavy (non-hydrogen) atoms. The molecule has 0 spiro atoms. The van der Waals surface area contributed by atoms with Crippen LogP contribution in [-0.2, 0) is 6.54 Å². The zero-order chi connectivity index (χ0) is 13.1. The summed E-state index contributed by atoms with van der Waals surface area (Å²) < 4.78 is 14.4. The average molecular weight is 328 g/mol. The standard InChI is InChI=1S/C13H11BrFNOS/c1-16(6-13-4-10(14)8-18-13)12-3-9(7-17)2-11(15)5-12/h2-5,7-8H,6H2,1H3. The Bertz CT molecular complexity index is 570. The highest BCUT2D eigenvalue weighted by molar-refractivity contribution is 9.10. The van der Waals surface area contributed by atoms with E-state index in [-0.39, 0.29) is 0 Å². The van der Waals surface area contributed by atoms with E-state index in [9.17, 15) is 9.18 Å². The first-order valence-electron chi connectivity index (χ1n) is 5.28. The first-order valence-corrected chi connectivity index (χ1v) is 6.95. The molecule has 1 aromatic carbocycles. The lowest BCUT2D eigenvalue weighted by Gasteiger charge is -2.18. The summed E-state index contributed by atoms with van der Waals surface area (Å²) in [5.74, 6) is -0.395. The van der Waals surface area contributed by atoms with Crippen molar-refractivity contribution in [1.29, 1.82) is 0 Å². The number of nitrogens with zero attached hydrogens (tertiary/aromatic N) is 1. The number of aldehydes is 1. The highest BCUT2D eigenvalue weighted by Crippen LogP contribution is 2.24. The molecule has 1 aromatic heterocycles. The van der Waals surface area contributed by atoms with Crippen LogP contribution in [0.15, 0.2) is 34.1 Å². The zero-order valence-electron chi connectivity index (χ0n) is 9.69. The third-order valence-electron chi connectivity index (χ3n) is 2.50. The molecule has 0 radical (unpaired) electrons. The number of thiophene rings is 1. The molecule has 0 N–H and O–H groups in total. The van der Waals surface area contributed by atoms with Gasteiger partial charge in [0.15, 0.2) is 0 Å². The lowest BCUT2D eigenvalue weighted by molar-refractivity contribution is 0.112. The summed E-state index contributed by atoms with van der Waals surface area (Å²) in [5.41, 5.74) is 1.05. The minimum absolute atomic E-state index is 0.351. The topological polar surface area (TPSA) is 20.3 Å². The highest BCUT2D eigenvalue weighted by atomic mass is 79.9. The second kappa shape index (κ2) is 5.63. The first-order chi connectivity index (χ1) is 8.58. The minimum Gasteiger partial charge on any atom is -0.369 e. The number of carbonyl (C=O) groups excluding carboxylic acids is 1. The highest BCUT2D eigenvalue weighted by Gasteiger charge is 2.07. The maximum absolute atomic E-state index is 13.3. The Morgan fingerprint density at radius 1 is 1.39 bits per heavy atom. The van der Waals surface area contributed by atoms with E-state index in [0.29, 0.717) is 24.1 Å². The lowest BCUT2D eigenvalue weighted by atomic mass is 10.2. The van der Waals surface area contributed by atoms with E-state index in [4.69, 9.17) is 0 Å². The molecule has 0 unspecified atom stereocenters. The van der Waals surface area contributed by atoms with E-state index in [1.807, 2.05) is 23.4 Å². The van der Waals surface area contributed by atoms with E-state index in [1.54, 1.807) is 17.4 Å². The molecule has 0 aliphatic rings. The summed E-state index contributed by atoms with van der Waals surface area (Å²) >= 11 is 5.03. The molecule has 0 aliphatic carbocycles. The molecule has 0 bridgehead atoms. The minimum atomic E-state index is -0.395. The fraction of sp³-hybridized carbons (Fsp3) is 0.154. The third-order valence-corrected chi connectivity index (χ3v) is 4.18. The van der Waals surface area contributed by atoms with Gasteiger partial charge in [-0.3, -0.25) is 4.79 Å². The number of rotatable bonds is 4. The molecule has 0 fully saturated rings. The average Bonchev–Trinajstić information content (AvgIpc) is 2.73. The van der Waals surface area contributed by atoms with Gasteiger partial charge in [0.1, 0.15) is 12.1 Å². The fourth-order valence-corrected chi connectivity index (χ4v) is 3.15. The number of anilines is 1. The number of halogens is 2. The summed E-state index contributed by atoms with van der Waals surface area (Å²) in [6.07, 6.45) is 0.655. The second-order valence-electron chi connectivity index (χ2n) is 3.95.